The predicted molar refractivity (Wildman–Crippen MR) is 97.4 cm³/mol. The molecule has 1 unspecified atom stereocenters. The molecule has 2 aromatic rings. The second kappa shape index (κ2) is 5.71. The topological polar surface area (TPSA) is 55.6 Å². The van der Waals surface area contributed by atoms with Gasteiger partial charge in [0, 0.05) is 23.0 Å². The van der Waals surface area contributed by atoms with E-state index in [-0.39, 0.29) is 11.9 Å². The Labute approximate surface area is 142 Å². The lowest BCUT2D eigenvalue weighted by Gasteiger charge is -2.43. The van der Waals surface area contributed by atoms with E-state index in [1.165, 1.54) is 0 Å². The van der Waals surface area contributed by atoms with Crippen LogP contribution in [0.4, 0.5) is 11.4 Å². The molecule has 1 atom stereocenters. The normalized spacial score (nSPS) is 17.0. The number of β-lactam (4-membered cyclic amide) rings is 1. The van der Waals surface area contributed by atoms with E-state index >= 15 is 0 Å². The van der Waals surface area contributed by atoms with Crippen LogP contribution in [-0.2, 0) is 4.79 Å². The van der Waals surface area contributed by atoms with Gasteiger partial charge in [-0.15, -0.1) is 0 Å². The number of nitrogens with zero attached hydrogens (tertiary/aromatic N) is 1. The van der Waals surface area contributed by atoms with Gasteiger partial charge in [0.25, 0.3) is 5.91 Å². The number of nitrogens with two attached hydrogens (primary N) is 1. The number of hydrogen-bond donors (Lipinski definition) is 1. The lowest BCUT2D eigenvalue weighted by atomic mass is 9.87. The molecule has 3 rings (SSSR count). The minimum Gasteiger partial charge on any atom is -0.496 e. The molecule has 0 saturated carbocycles. The molecule has 1 amide bonds. The number of rotatable bonds is 3. The first-order chi connectivity index (χ1) is 11.3. The zero-order chi connectivity index (χ0) is 17.6. The summed E-state index contributed by atoms with van der Waals surface area (Å²) in [7, 11) is 1.64. The summed E-state index contributed by atoms with van der Waals surface area (Å²) in [5, 5.41) is 0. The van der Waals surface area contributed by atoms with Crippen LogP contribution in [0.15, 0.2) is 42.5 Å². The fourth-order valence-corrected chi connectivity index (χ4v) is 3.08. The van der Waals surface area contributed by atoms with Gasteiger partial charge < -0.3 is 10.5 Å². The number of ether oxygens (including phenoxy) is 1. The van der Waals surface area contributed by atoms with E-state index in [0.717, 1.165) is 39.4 Å². The number of carbonyl (C=O) groups excluding carboxylic acids is 1. The average molecular weight is 322 g/mol. The zero-order valence-electron chi connectivity index (χ0n) is 14.5. The highest BCUT2D eigenvalue weighted by atomic mass is 16.5. The molecule has 0 spiro atoms. The molecule has 4 nitrogen and oxygen atoms in total. The van der Waals surface area contributed by atoms with Crippen molar-refractivity contribution >= 4 is 17.3 Å². The minimum atomic E-state index is -0.188. The molecule has 0 radical (unpaired) electrons. The summed E-state index contributed by atoms with van der Waals surface area (Å²) in [4.78, 5) is 14.2. The van der Waals surface area contributed by atoms with Crippen molar-refractivity contribution in [2.45, 2.75) is 26.8 Å². The molecule has 1 aliphatic rings. The van der Waals surface area contributed by atoms with Gasteiger partial charge in [0.15, 0.2) is 0 Å². The summed E-state index contributed by atoms with van der Waals surface area (Å²) in [6.07, 6.45) is 0. The van der Waals surface area contributed by atoms with E-state index in [0.29, 0.717) is 5.57 Å². The van der Waals surface area contributed by atoms with Gasteiger partial charge in [-0.2, -0.15) is 0 Å². The Bertz CT molecular complexity index is 855. The maximum atomic E-state index is 12.4. The fraction of sp³-hybridized carbons (Fsp3) is 0.250. The maximum absolute atomic E-state index is 12.4. The predicted octanol–water partition coefficient (Wildman–Crippen LogP) is 3.85. The first kappa shape index (κ1) is 16.1. The summed E-state index contributed by atoms with van der Waals surface area (Å²) in [6.45, 7) is 9.93. The van der Waals surface area contributed by atoms with Crippen LogP contribution in [-0.4, -0.2) is 13.0 Å². The molecule has 24 heavy (non-hydrogen) atoms. The molecule has 0 aromatic heterocycles. The zero-order valence-corrected chi connectivity index (χ0v) is 14.5. The third-order valence-electron chi connectivity index (χ3n) is 4.80. The highest BCUT2D eigenvalue weighted by Crippen LogP contribution is 2.44. The molecular formula is C20H22N2O2. The van der Waals surface area contributed by atoms with Crippen molar-refractivity contribution in [3.8, 4) is 5.75 Å². The van der Waals surface area contributed by atoms with E-state index < -0.39 is 0 Å². The van der Waals surface area contributed by atoms with Crippen molar-refractivity contribution in [3.63, 3.8) is 0 Å². The molecule has 4 heteroatoms. The standard InChI is InChI=1S/C20H22N2O2/c1-11-6-7-15(9-17(11)21)19-14(4)20(23)22(19)16-8-12(2)13(3)18(10-16)24-5/h6-10,19H,4,21H2,1-3,5H3. The van der Waals surface area contributed by atoms with E-state index in [1.807, 2.05) is 51.1 Å². The van der Waals surface area contributed by atoms with Gasteiger partial charge in [-0.1, -0.05) is 18.7 Å². The van der Waals surface area contributed by atoms with Crippen molar-refractivity contribution in [1.82, 2.24) is 0 Å². The summed E-state index contributed by atoms with van der Waals surface area (Å²) in [6, 6.07) is 9.61. The second-order valence-corrected chi connectivity index (χ2v) is 6.31. The van der Waals surface area contributed by atoms with E-state index in [2.05, 4.69) is 6.58 Å². The molecule has 2 aromatic carbocycles. The number of benzene rings is 2. The molecular weight excluding hydrogens is 300 g/mol. The number of anilines is 2. The van der Waals surface area contributed by atoms with Crippen molar-refractivity contribution < 1.29 is 9.53 Å². The van der Waals surface area contributed by atoms with Crippen LogP contribution in [0.3, 0.4) is 0 Å². The van der Waals surface area contributed by atoms with Crippen LogP contribution in [0.1, 0.15) is 28.3 Å². The summed E-state index contributed by atoms with van der Waals surface area (Å²) in [5.74, 6) is 0.710. The number of methoxy groups -OCH3 is 1. The van der Waals surface area contributed by atoms with Gasteiger partial charge in [-0.3, -0.25) is 9.69 Å². The van der Waals surface area contributed by atoms with Crippen LogP contribution in [0, 0.1) is 20.8 Å². The Hall–Kier alpha value is -2.75. The molecule has 1 heterocycles. The Balaban J connectivity index is 2.06. The Morgan fingerprint density at radius 1 is 1.12 bits per heavy atom. The van der Waals surface area contributed by atoms with Gasteiger partial charge in [0.05, 0.1) is 13.2 Å². The van der Waals surface area contributed by atoms with Crippen molar-refractivity contribution in [2.24, 2.45) is 0 Å². The average Bonchev–Trinajstić information content (AvgIpc) is 2.57. The Morgan fingerprint density at radius 2 is 1.83 bits per heavy atom. The molecule has 2 N–H and O–H groups in total. The first-order valence-corrected chi connectivity index (χ1v) is 7.88. The van der Waals surface area contributed by atoms with Crippen LogP contribution >= 0.6 is 0 Å². The Kier molecular flexibility index (Phi) is 3.84. The largest absolute Gasteiger partial charge is 0.496 e. The molecule has 1 fully saturated rings. The third-order valence-corrected chi connectivity index (χ3v) is 4.80. The lowest BCUT2D eigenvalue weighted by Crippen LogP contribution is -2.49. The number of aryl methyl sites for hydroxylation is 2. The van der Waals surface area contributed by atoms with E-state index in [1.54, 1.807) is 12.0 Å². The number of amides is 1. The van der Waals surface area contributed by atoms with E-state index in [4.69, 9.17) is 10.5 Å². The van der Waals surface area contributed by atoms with Gasteiger partial charge in [-0.05, 0) is 55.2 Å². The van der Waals surface area contributed by atoms with Gasteiger partial charge in [0.1, 0.15) is 5.75 Å². The lowest BCUT2D eigenvalue weighted by molar-refractivity contribution is -0.118. The van der Waals surface area contributed by atoms with Gasteiger partial charge in [0.2, 0.25) is 0 Å². The van der Waals surface area contributed by atoms with Crippen molar-refractivity contribution in [1.29, 1.82) is 0 Å². The van der Waals surface area contributed by atoms with Crippen molar-refractivity contribution in [3.05, 3.63) is 64.7 Å². The van der Waals surface area contributed by atoms with Crippen LogP contribution in [0.2, 0.25) is 0 Å². The van der Waals surface area contributed by atoms with Gasteiger partial charge >= 0.3 is 0 Å². The first-order valence-electron chi connectivity index (χ1n) is 7.88. The SMILES string of the molecule is C=C1C(=O)N(c2cc(C)c(C)c(OC)c2)C1c1ccc(C)c(N)c1. The molecule has 0 bridgehead atoms. The third kappa shape index (κ3) is 2.35. The van der Waals surface area contributed by atoms with Crippen LogP contribution in [0.5, 0.6) is 5.75 Å². The summed E-state index contributed by atoms with van der Waals surface area (Å²) in [5.41, 5.74) is 12.3. The molecule has 1 saturated heterocycles. The summed E-state index contributed by atoms with van der Waals surface area (Å²) >= 11 is 0. The molecule has 0 aliphatic carbocycles. The number of carbonyl (C=O) groups is 1. The van der Waals surface area contributed by atoms with Crippen molar-refractivity contribution in [2.75, 3.05) is 17.7 Å². The fourth-order valence-electron chi connectivity index (χ4n) is 3.08. The highest BCUT2D eigenvalue weighted by molar-refractivity contribution is 6.15. The van der Waals surface area contributed by atoms with E-state index in [9.17, 15) is 4.79 Å². The quantitative estimate of drug-likeness (QED) is 0.530. The second-order valence-electron chi connectivity index (χ2n) is 6.31. The van der Waals surface area contributed by atoms with Gasteiger partial charge in [-0.25, -0.2) is 0 Å². The van der Waals surface area contributed by atoms with Crippen LogP contribution in [0.25, 0.3) is 0 Å². The summed E-state index contributed by atoms with van der Waals surface area (Å²) < 4.78 is 5.44. The Morgan fingerprint density at radius 3 is 2.46 bits per heavy atom. The van der Waals surface area contributed by atoms with Crippen LogP contribution < -0.4 is 15.4 Å². The minimum absolute atomic E-state index is 0.0653. The highest BCUT2D eigenvalue weighted by Gasteiger charge is 2.43. The maximum Gasteiger partial charge on any atom is 0.256 e. The monoisotopic (exact) mass is 322 g/mol. The molecule has 1 aliphatic heterocycles. The number of nitrogen functional groups attached to an aromatic ring is 1. The number of hydrogen-bond acceptors (Lipinski definition) is 3. The molecule has 124 valence electrons. The smallest absolute Gasteiger partial charge is 0.256 e.